The van der Waals surface area contributed by atoms with Crippen molar-refractivity contribution in [3.8, 4) is 5.75 Å². The maximum atomic E-state index is 11.9. The van der Waals surface area contributed by atoms with Gasteiger partial charge in [0.15, 0.2) is 0 Å². The van der Waals surface area contributed by atoms with Crippen LogP contribution < -0.4 is 10.1 Å². The molecule has 1 unspecified atom stereocenters. The fourth-order valence-electron chi connectivity index (χ4n) is 2.28. The van der Waals surface area contributed by atoms with Gasteiger partial charge in [0.05, 0.1) is 11.6 Å². The molecule has 22 heavy (non-hydrogen) atoms. The minimum absolute atomic E-state index is 0.0541. The number of nitrogens with one attached hydrogen (secondary N) is 1. The van der Waals surface area contributed by atoms with Crippen LogP contribution in [0.2, 0.25) is 5.02 Å². The molecule has 6 nitrogen and oxygen atoms in total. The van der Waals surface area contributed by atoms with Gasteiger partial charge in [-0.2, -0.15) is 0 Å². The van der Waals surface area contributed by atoms with E-state index in [1.54, 1.807) is 17.0 Å². The Morgan fingerprint density at radius 3 is 2.91 bits per heavy atom. The molecule has 0 aliphatic carbocycles. The van der Waals surface area contributed by atoms with Crippen LogP contribution in [-0.4, -0.2) is 47.7 Å². The Hall–Kier alpha value is -1.95. The van der Waals surface area contributed by atoms with Gasteiger partial charge in [0.25, 0.3) is 0 Å². The number of carbonyl (C=O) groups is 2. The molecule has 1 aromatic carbocycles. The second kappa shape index (κ2) is 7.89. The van der Waals surface area contributed by atoms with Crippen LogP contribution in [0.4, 0.5) is 4.79 Å². The molecule has 1 aliphatic heterocycles. The SMILES string of the molecule is O=C(O)CCCNC(=O)N1CCC(Oc2ccccc2Cl)C1. The van der Waals surface area contributed by atoms with E-state index in [2.05, 4.69) is 5.32 Å². The topological polar surface area (TPSA) is 78.9 Å². The van der Waals surface area contributed by atoms with Gasteiger partial charge in [-0.25, -0.2) is 4.79 Å². The van der Waals surface area contributed by atoms with Gasteiger partial charge in [-0.15, -0.1) is 0 Å². The first-order valence-electron chi connectivity index (χ1n) is 7.22. The highest BCUT2D eigenvalue weighted by molar-refractivity contribution is 6.32. The number of carboxylic acids is 1. The Bertz CT molecular complexity index is 538. The second-order valence-electron chi connectivity index (χ2n) is 5.13. The van der Waals surface area contributed by atoms with Gasteiger partial charge in [0.1, 0.15) is 11.9 Å². The first-order chi connectivity index (χ1) is 10.6. The van der Waals surface area contributed by atoms with Gasteiger partial charge in [-0.3, -0.25) is 4.79 Å². The molecular formula is C15H19ClN2O4. The molecule has 1 atom stereocenters. The molecule has 2 amide bonds. The lowest BCUT2D eigenvalue weighted by molar-refractivity contribution is -0.137. The number of benzene rings is 1. The molecule has 1 saturated heterocycles. The molecule has 0 spiro atoms. The fraction of sp³-hybridized carbons (Fsp3) is 0.467. The summed E-state index contributed by atoms with van der Waals surface area (Å²) in [5, 5.41) is 11.8. The number of aliphatic carboxylic acids is 1. The van der Waals surface area contributed by atoms with Gasteiger partial charge < -0.3 is 20.1 Å². The fourth-order valence-corrected chi connectivity index (χ4v) is 2.46. The highest BCUT2D eigenvalue weighted by Gasteiger charge is 2.27. The maximum Gasteiger partial charge on any atom is 0.317 e. The number of hydrogen-bond acceptors (Lipinski definition) is 3. The van der Waals surface area contributed by atoms with Crippen LogP contribution in [0.3, 0.4) is 0 Å². The highest BCUT2D eigenvalue weighted by atomic mass is 35.5. The highest BCUT2D eigenvalue weighted by Crippen LogP contribution is 2.26. The van der Waals surface area contributed by atoms with Crippen LogP contribution in [0, 0.1) is 0 Å². The Morgan fingerprint density at radius 2 is 2.18 bits per heavy atom. The van der Waals surface area contributed by atoms with Crippen LogP contribution in [0.25, 0.3) is 0 Å². The van der Waals surface area contributed by atoms with Crippen molar-refractivity contribution in [3.05, 3.63) is 29.3 Å². The number of urea groups is 1. The smallest absolute Gasteiger partial charge is 0.317 e. The summed E-state index contributed by atoms with van der Waals surface area (Å²) in [5.41, 5.74) is 0. The van der Waals surface area contributed by atoms with Crippen molar-refractivity contribution in [2.75, 3.05) is 19.6 Å². The molecule has 0 radical (unpaired) electrons. The molecule has 1 aromatic rings. The van der Waals surface area contributed by atoms with Gasteiger partial charge in [-0.1, -0.05) is 23.7 Å². The number of hydrogen-bond donors (Lipinski definition) is 2. The van der Waals surface area contributed by atoms with Crippen molar-refractivity contribution in [2.45, 2.75) is 25.4 Å². The quantitative estimate of drug-likeness (QED) is 0.787. The molecule has 0 bridgehead atoms. The van der Waals surface area contributed by atoms with Crippen molar-refractivity contribution in [2.24, 2.45) is 0 Å². The van der Waals surface area contributed by atoms with E-state index in [0.717, 1.165) is 6.42 Å². The summed E-state index contributed by atoms with van der Waals surface area (Å²) in [7, 11) is 0. The Balaban J connectivity index is 1.74. The number of carboxylic acid groups (broad SMARTS) is 1. The van der Waals surface area contributed by atoms with E-state index in [1.807, 2.05) is 12.1 Å². The molecule has 2 rings (SSSR count). The number of ether oxygens (including phenoxy) is 1. The van der Waals surface area contributed by atoms with Crippen molar-refractivity contribution in [3.63, 3.8) is 0 Å². The molecule has 120 valence electrons. The number of nitrogens with zero attached hydrogens (tertiary/aromatic N) is 1. The van der Waals surface area contributed by atoms with Crippen molar-refractivity contribution in [1.82, 2.24) is 10.2 Å². The van der Waals surface area contributed by atoms with Gasteiger partial charge in [0, 0.05) is 25.9 Å². The third-order valence-corrected chi connectivity index (χ3v) is 3.72. The summed E-state index contributed by atoms with van der Waals surface area (Å²) >= 11 is 6.05. The minimum atomic E-state index is -0.858. The van der Waals surface area contributed by atoms with E-state index in [1.165, 1.54) is 0 Å². The number of halogens is 1. The van der Waals surface area contributed by atoms with Gasteiger partial charge in [0.2, 0.25) is 0 Å². The monoisotopic (exact) mass is 326 g/mol. The molecule has 2 N–H and O–H groups in total. The molecule has 0 saturated carbocycles. The summed E-state index contributed by atoms with van der Waals surface area (Å²) in [6, 6.07) is 7.06. The first-order valence-corrected chi connectivity index (χ1v) is 7.60. The van der Waals surface area contributed by atoms with E-state index in [9.17, 15) is 9.59 Å². The predicted molar refractivity (Wildman–Crippen MR) is 82.3 cm³/mol. The van der Waals surface area contributed by atoms with E-state index in [0.29, 0.717) is 36.8 Å². The molecule has 1 heterocycles. The molecule has 0 aromatic heterocycles. The normalized spacial score (nSPS) is 17.3. The Kier molecular flexibility index (Phi) is 5.89. The van der Waals surface area contributed by atoms with E-state index in [-0.39, 0.29) is 18.6 Å². The predicted octanol–water partition coefficient (Wildman–Crippen LogP) is 2.37. The third-order valence-electron chi connectivity index (χ3n) is 3.41. The molecular weight excluding hydrogens is 308 g/mol. The number of rotatable bonds is 6. The third kappa shape index (κ3) is 4.80. The zero-order valence-corrected chi connectivity index (χ0v) is 12.9. The van der Waals surface area contributed by atoms with Crippen LogP contribution in [-0.2, 0) is 4.79 Å². The van der Waals surface area contributed by atoms with E-state index < -0.39 is 5.97 Å². The number of likely N-dealkylation sites (tertiary alicyclic amines) is 1. The van der Waals surface area contributed by atoms with Crippen LogP contribution in [0.5, 0.6) is 5.75 Å². The van der Waals surface area contributed by atoms with Gasteiger partial charge >= 0.3 is 12.0 Å². The summed E-state index contributed by atoms with van der Waals surface area (Å²) in [6.45, 7) is 1.47. The van der Waals surface area contributed by atoms with Crippen LogP contribution in [0.15, 0.2) is 24.3 Å². The lowest BCUT2D eigenvalue weighted by Gasteiger charge is -2.18. The lowest BCUT2D eigenvalue weighted by Crippen LogP contribution is -2.39. The molecule has 1 aliphatic rings. The lowest BCUT2D eigenvalue weighted by atomic mass is 10.3. The number of amides is 2. The number of para-hydroxylation sites is 1. The molecule has 1 fully saturated rings. The summed E-state index contributed by atoms with van der Waals surface area (Å²) in [6.07, 6.45) is 1.14. The Labute approximate surface area is 134 Å². The maximum absolute atomic E-state index is 11.9. The Morgan fingerprint density at radius 1 is 1.41 bits per heavy atom. The average molecular weight is 327 g/mol. The van der Waals surface area contributed by atoms with E-state index in [4.69, 9.17) is 21.4 Å². The standard InChI is InChI=1S/C15H19ClN2O4/c16-12-4-1-2-5-13(12)22-11-7-9-18(10-11)15(21)17-8-3-6-14(19)20/h1-2,4-5,11H,3,6-10H2,(H,17,21)(H,19,20). The summed E-state index contributed by atoms with van der Waals surface area (Å²) in [5.74, 6) is -0.235. The molecule has 7 heteroatoms. The number of carbonyl (C=O) groups excluding carboxylic acids is 1. The second-order valence-corrected chi connectivity index (χ2v) is 5.54. The average Bonchev–Trinajstić information content (AvgIpc) is 2.94. The van der Waals surface area contributed by atoms with Crippen LogP contribution >= 0.6 is 11.6 Å². The van der Waals surface area contributed by atoms with Crippen molar-refractivity contribution >= 4 is 23.6 Å². The van der Waals surface area contributed by atoms with Crippen molar-refractivity contribution < 1.29 is 19.4 Å². The van der Waals surface area contributed by atoms with Gasteiger partial charge in [-0.05, 0) is 18.6 Å². The zero-order valence-electron chi connectivity index (χ0n) is 12.1. The van der Waals surface area contributed by atoms with E-state index >= 15 is 0 Å². The summed E-state index contributed by atoms with van der Waals surface area (Å²) in [4.78, 5) is 24.0. The largest absolute Gasteiger partial charge is 0.487 e. The van der Waals surface area contributed by atoms with Crippen molar-refractivity contribution in [1.29, 1.82) is 0 Å². The zero-order chi connectivity index (χ0) is 15.9. The minimum Gasteiger partial charge on any atom is -0.487 e. The summed E-state index contributed by atoms with van der Waals surface area (Å²) < 4.78 is 5.81. The first kappa shape index (κ1) is 16.4. The van der Waals surface area contributed by atoms with Crippen LogP contribution in [0.1, 0.15) is 19.3 Å².